The molecule has 0 radical (unpaired) electrons. The number of benzene rings is 1. The van der Waals surface area contributed by atoms with Gasteiger partial charge in [0.1, 0.15) is 0 Å². The fraction of sp³-hybridized carbons (Fsp3) is 0.400. The molecule has 100 valence electrons. The highest BCUT2D eigenvalue weighted by molar-refractivity contribution is 7.13. The molecule has 1 saturated heterocycles. The molecule has 3 rings (SSSR count). The van der Waals surface area contributed by atoms with Gasteiger partial charge in [-0.15, -0.1) is 11.3 Å². The van der Waals surface area contributed by atoms with Crippen LogP contribution in [-0.4, -0.2) is 31.2 Å². The second kappa shape index (κ2) is 6.17. The number of anilines is 1. The lowest BCUT2D eigenvalue weighted by Gasteiger charge is -2.26. The van der Waals surface area contributed by atoms with Gasteiger partial charge in [-0.25, -0.2) is 4.98 Å². The molecule has 0 aliphatic carbocycles. The highest BCUT2D eigenvalue weighted by atomic mass is 32.1. The quantitative estimate of drug-likeness (QED) is 0.927. The van der Waals surface area contributed by atoms with E-state index >= 15 is 0 Å². The zero-order chi connectivity index (χ0) is 12.9. The van der Waals surface area contributed by atoms with Crippen LogP contribution in [0.15, 0.2) is 35.7 Å². The smallest absolute Gasteiger partial charge is 0.185 e. The summed E-state index contributed by atoms with van der Waals surface area (Å²) in [5.41, 5.74) is 2.61. The molecule has 0 amide bonds. The van der Waals surface area contributed by atoms with Crippen molar-refractivity contribution >= 4 is 16.5 Å². The van der Waals surface area contributed by atoms with E-state index in [0.29, 0.717) is 0 Å². The molecule has 0 atom stereocenters. The average molecular weight is 273 g/mol. The number of aromatic nitrogens is 1. The van der Waals surface area contributed by atoms with Gasteiger partial charge >= 0.3 is 0 Å². The van der Waals surface area contributed by atoms with Crippen molar-refractivity contribution in [1.29, 1.82) is 0 Å². The maximum Gasteiger partial charge on any atom is 0.185 e. The lowest BCUT2D eigenvalue weighted by molar-refractivity contribution is 0.588. The maximum absolute atomic E-state index is 4.77. The highest BCUT2D eigenvalue weighted by Crippen LogP contribution is 2.21. The van der Waals surface area contributed by atoms with Crippen molar-refractivity contribution < 1.29 is 0 Å². The van der Waals surface area contributed by atoms with Crippen molar-refractivity contribution in [2.24, 2.45) is 0 Å². The van der Waals surface area contributed by atoms with Crippen molar-refractivity contribution in [1.82, 2.24) is 10.3 Å². The minimum atomic E-state index is 1.03. The summed E-state index contributed by atoms with van der Waals surface area (Å²) in [6.45, 7) is 4.29. The fourth-order valence-corrected chi connectivity index (χ4v) is 3.24. The van der Waals surface area contributed by atoms with Gasteiger partial charge in [-0.2, -0.15) is 0 Å². The Kier molecular flexibility index (Phi) is 4.10. The van der Waals surface area contributed by atoms with Crippen LogP contribution in [0.1, 0.15) is 11.3 Å². The zero-order valence-corrected chi connectivity index (χ0v) is 11.8. The van der Waals surface area contributed by atoms with Crippen LogP contribution in [-0.2, 0) is 12.8 Å². The van der Waals surface area contributed by atoms with E-state index in [1.54, 1.807) is 11.3 Å². The van der Waals surface area contributed by atoms with Crippen LogP contribution >= 0.6 is 11.3 Å². The maximum atomic E-state index is 4.77. The zero-order valence-electron chi connectivity index (χ0n) is 11.0. The van der Waals surface area contributed by atoms with Crippen LogP contribution < -0.4 is 10.2 Å². The summed E-state index contributed by atoms with van der Waals surface area (Å²) in [5.74, 6) is 0. The molecule has 1 aliphatic rings. The molecular formula is C15H19N3S. The molecule has 1 aromatic carbocycles. The van der Waals surface area contributed by atoms with E-state index in [1.807, 2.05) is 0 Å². The first kappa shape index (κ1) is 12.6. The molecule has 4 heteroatoms. The average Bonchev–Trinajstić information content (AvgIpc) is 2.96. The first-order chi connectivity index (χ1) is 9.42. The molecule has 19 heavy (non-hydrogen) atoms. The van der Waals surface area contributed by atoms with E-state index in [9.17, 15) is 0 Å². The van der Waals surface area contributed by atoms with Gasteiger partial charge in [0.05, 0.1) is 5.69 Å². The Morgan fingerprint density at radius 2 is 1.89 bits per heavy atom. The van der Waals surface area contributed by atoms with Gasteiger partial charge in [-0.1, -0.05) is 30.3 Å². The van der Waals surface area contributed by atoms with Crippen LogP contribution in [0.5, 0.6) is 0 Å². The summed E-state index contributed by atoms with van der Waals surface area (Å²) in [7, 11) is 0. The standard InChI is InChI=1S/C15H19N3S/c1-2-4-13(5-3-1)6-7-14-12-19-15(17-14)18-10-8-16-9-11-18/h1-5,12,16H,6-11H2. The van der Waals surface area contributed by atoms with Crippen molar-refractivity contribution in [3.05, 3.63) is 47.0 Å². The van der Waals surface area contributed by atoms with Crippen molar-refractivity contribution in [3.63, 3.8) is 0 Å². The monoisotopic (exact) mass is 273 g/mol. The predicted molar refractivity (Wildman–Crippen MR) is 81.0 cm³/mol. The molecule has 2 aromatic rings. The van der Waals surface area contributed by atoms with Crippen molar-refractivity contribution in [2.45, 2.75) is 12.8 Å². The van der Waals surface area contributed by atoms with Gasteiger partial charge in [-0.3, -0.25) is 0 Å². The summed E-state index contributed by atoms with van der Waals surface area (Å²) in [6, 6.07) is 10.6. The van der Waals surface area contributed by atoms with E-state index in [0.717, 1.165) is 39.0 Å². The fourth-order valence-electron chi connectivity index (χ4n) is 2.33. The Morgan fingerprint density at radius 3 is 2.68 bits per heavy atom. The normalized spacial score (nSPS) is 15.7. The van der Waals surface area contributed by atoms with Crippen molar-refractivity contribution in [3.8, 4) is 0 Å². The topological polar surface area (TPSA) is 28.2 Å². The summed E-state index contributed by atoms with van der Waals surface area (Å²) < 4.78 is 0. The summed E-state index contributed by atoms with van der Waals surface area (Å²) >= 11 is 1.78. The molecule has 1 fully saturated rings. The van der Waals surface area contributed by atoms with Crippen LogP contribution in [0.3, 0.4) is 0 Å². The summed E-state index contributed by atoms with van der Waals surface area (Å²) in [4.78, 5) is 7.15. The lowest BCUT2D eigenvalue weighted by Crippen LogP contribution is -2.43. The SMILES string of the molecule is c1ccc(CCc2csc(N3CCNCC3)n2)cc1. The van der Waals surface area contributed by atoms with Crippen LogP contribution in [0, 0.1) is 0 Å². The molecule has 1 aromatic heterocycles. The van der Waals surface area contributed by atoms with Crippen LogP contribution in [0.25, 0.3) is 0 Å². The number of aryl methyl sites for hydroxylation is 2. The molecule has 1 N–H and O–H groups in total. The second-order valence-electron chi connectivity index (χ2n) is 4.84. The Morgan fingerprint density at radius 1 is 1.11 bits per heavy atom. The third kappa shape index (κ3) is 3.33. The predicted octanol–water partition coefficient (Wildman–Crippen LogP) is 2.34. The molecule has 0 unspecified atom stereocenters. The Hall–Kier alpha value is -1.39. The highest BCUT2D eigenvalue weighted by Gasteiger charge is 2.13. The Labute approximate surface area is 118 Å². The van der Waals surface area contributed by atoms with Gasteiger partial charge in [0.2, 0.25) is 0 Å². The minimum Gasteiger partial charge on any atom is -0.346 e. The first-order valence-electron chi connectivity index (χ1n) is 6.86. The third-order valence-corrected chi connectivity index (χ3v) is 4.39. The molecular weight excluding hydrogens is 254 g/mol. The van der Waals surface area contributed by atoms with E-state index in [4.69, 9.17) is 4.98 Å². The number of hydrogen-bond acceptors (Lipinski definition) is 4. The summed E-state index contributed by atoms with van der Waals surface area (Å²) in [6.07, 6.45) is 2.11. The Balaban J connectivity index is 1.58. The number of thiazole rings is 1. The second-order valence-corrected chi connectivity index (χ2v) is 5.68. The molecule has 1 aliphatic heterocycles. The van der Waals surface area contributed by atoms with Gasteiger partial charge in [0, 0.05) is 31.6 Å². The van der Waals surface area contributed by atoms with E-state index < -0.39 is 0 Å². The molecule has 3 nitrogen and oxygen atoms in total. The lowest BCUT2D eigenvalue weighted by atomic mass is 10.1. The number of hydrogen-bond donors (Lipinski definition) is 1. The van der Waals surface area contributed by atoms with E-state index in [1.165, 1.54) is 16.4 Å². The molecule has 2 heterocycles. The largest absolute Gasteiger partial charge is 0.346 e. The number of piperazine rings is 1. The first-order valence-corrected chi connectivity index (χ1v) is 7.74. The van der Waals surface area contributed by atoms with Gasteiger partial charge < -0.3 is 10.2 Å². The number of nitrogens with one attached hydrogen (secondary N) is 1. The Bertz CT molecular complexity index is 503. The third-order valence-electron chi connectivity index (χ3n) is 3.44. The van der Waals surface area contributed by atoms with Gasteiger partial charge in [0.25, 0.3) is 0 Å². The molecule has 0 saturated carbocycles. The van der Waals surface area contributed by atoms with Crippen LogP contribution in [0.2, 0.25) is 0 Å². The van der Waals surface area contributed by atoms with Gasteiger partial charge in [-0.05, 0) is 18.4 Å². The number of rotatable bonds is 4. The molecule has 0 bridgehead atoms. The van der Waals surface area contributed by atoms with Crippen LogP contribution in [0.4, 0.5) is 5.13 Å². The van der Waals surface area contributed by atoms with E-state index in [-0.39, 0.29) is 0 Å². The van der Waals surface area contributed by atoms with Gasteiger partial charge in [0.15, 0.2) is 5.13 Å². The van der Waals surface area contributed by atoms with E-state index in [2.05, 4.69) is 45.9 Å². The minimum absolute atomic E-state index is 1.03. The summed E-state index contributed by atoms with van der Waals surface area (Å²) in [5, 5.41) is 6.77. The molecule has 0 spiro atoms. The number of nitrogens with zero attached hydrogens (tertiary/aromatic N) is 2. The van der Waals surface area contributed by atoms with Crippen molar-refractivity contribution in [2.75, 3.05) is 31.1 Å².